The van der Waals surface area contributed by atoms with Gasteiger partial charge < -0.3 is 14.8 Å². The SMILES string of the molecule is COc1ccc(CCNC(=O)Cc2ccc(Cl)nc2)cc1OC. The van der Waals surface area contributed by atoms with Gasteiger partial charge in [0.05, 0.1) is 20.6 Å². The van der Waals surface area contributed by atoms with Gasteiger partial charge in [-0.25, -0.2) is 4.98 Å². The number of hydrogen-bond acceptors (Lipinski definition) is 4. The first kappa shape index (κ1) is 17.1. The third kappa shape index (κ3) is 5.14. The van der Waals surface area contributed by atoms with E-state index in [0.29, 0.717) is 29.6 Å². The Bertz CT molecular complexity index is 659. The normalized spacial score (nSPS) is 10.2. The number of ether oxygens (including phenoxy) is 2. The summed E-state index contributed by atoms with van der Waals surface area (Å²) in [6.45, 7) is 0.551. The minimum Gasteiger partial charge on any atom is -0.493 e. The van der Waals surface area contributed by atoms with Crippen molar-refractivity contribution >= 4 is 17.5 Å². The second kappa shape index (κ2) is 8.39. The highest BCUT2D eigenvalue weighted by molar-refractivity contribution is 6.29. The van der Waals surface area contributed by atoms with Gasteiger partial charge >= 0.3 is 0 Å². The van der Waals surface area contributed by atoms with Crippen molar-refractivity contribution in [1.29, 1.82) is 0 Å². The van der Waals surface area contributed by atoms with Crippen LogP contribution in [0.1, 0.15) is 11.1 Å². The number of benzene rings is 1. The molecule has 1 aromatic carbocycles. The summed E-state index contributed by atoms with van der Waals surface area (Å²) in [4.78, 5) is 15.8. The van der Waals surface area contributed by atoms with Gasteiger partial charge in [0.2, 0.25) is 5.91 Å². The maximum absolute atomic E-state index is 11.9. The van der Waals surface area contributed by atoms with Gasteiger partial charge in [0.25, 0.3) is 0 Å². The average Bonchev–Trinajstić information content (AvgIpc) is 2.56. The smallest absolute Gasteiger partial charge is 0.224 e. The first-order valence-electron chi connectivity index (χ1n) is 7.20. The standard InChI is InChI=1S/C17H19ClN2O3/c1-22-14-5-3-12(9-15(14)23-2)7-8-19-17(21)10-13-4-6-16(18)20-11-13/h3-6,9,11H,7-8,10H2,1-2H3,(H,19,21). The number of nitrogens with zero attached hydrogens (tertiary/aromatic N) is 1. The molecule has 0 bridgehead atoms. The van der Waals surface area contributed by atoms with Crippen molar-refractivity contribution in [1.82, 2.24) is 10.3 Å². The summed E-state index contributed by atoms with van der Waals surface area (Å²) in [5, 5.41) is 3.31. The largest absolute Gasteiger partial charge is 0.493 e. The van der Waals surface area contributed by atoms with Crippen LogP contribution in [0.2, 0.25) is 5.15 Å². The van der Waals surface area contributed by atoms with E-state index in [4.69, 9.17) is 21.1 Å². The minimum absolute atomic E-state index is 0.0467. The van der Waals surface area contributed by atoms with Gasteiger partial charge in [0.1, 0.15) is 5.15 Å². The van der Waals surface area contributed by atoms with Crippen LogP contribution < -0.4 is 14.8 Å². The van der Waals surface area contributed by atoms with Crippen molar-refractivity contribution in [2.45, 2.75) is 12.8 Å². The lowest BCUT2D eigenvalue weighted by Crippen LogP contribution is -2.27. The average molecular weight is 335 g/mol. The van der Waals surface area contributed by atoms with E-state index in [0.717, 1.165) is 11.1 Å². The molecule has 23 heavy (non-hydrogen) atoms. The number of carbonyl (C=O) groups excluding carboxylic acids is 1. The molecular formula is C17H19ClN2O3. The van der Waals surface area contributed by atoms with E-state index >= 15 is 0 Å². The molecule has 0 saturated heterocycles. The van der Waals surface area contributed by atoms with Gasteiger partial charge in [-0.3, -0.25) is 4.79 Å². The first-order valence-corrected chi connectivity index (χ1v) is 7.58. The van der Waals surface area contributed by atoms with Crippen LogP contribution in [0, 0.1) is 0 Å². The summed E-state index contributed by atoms with van der Waals surface area (Å²) >= 11 is 5.72. The Labute approximate surface area is 140 Å². The molecule has 0 fully saturated rings. The summed E-state index contributed by atoms with van der Waals surface area (Å²) in [6, 6.07) is 9.19. The van der Waals surface area contributed by atoms with Gasteiger partial charge in [-0.15, -0.1) is 0 Å². The molecule has 1 amide bonds. The molecule has 6 heteroatoms. The minimum atomic E-state index is -0.0467. The molecule has 2 aromatic rings. The van der Waals surface area contributed by atoms with Crippen molar-refractivity contribution in [2.75, 3.05) is 20.8 Å². The number of rotatable bonds is 7. The summed E-state index contributed by atoms with van der Waals surface area (Å²) < 4.78 is 10.5. The molecular weight excluding hydrogens is 316 g/mol. The molecule has 0 unspecified atom stereocenters. The number of carbonyl (C=O) groups is 1. The van der Waals surface area contributed by atoms with Gasteiger partial charge in [0, 0.05) is 12.7 Å². The molecule has 5 nitrogen and oxygen atoms in total. The van der Waals surface area contributed by atoms with Gasteiger partial charge in [0.15, 0.2) is 11.5 Å². The van der Waals surface area contributed by atoms with Crippen molar-refractivity contribution < 1.29 is 14.3 Å². The molecule has 0 aliphatic rings. The topological polar surface area (TPSA) is 60.5 Å². The van der Waals surface area contributed by atoms with Crippen LogP contribution >= 0.6 is 11.6 Å². The highest BCUT2D eigenvalue weighted by atomic mass is 35.5. The quantitative estimate of drug-likeness (QED) is 0.791. The van der Waals surface area contributed by atoms with E-state index in [-0.39, 0.29) is 12.3 Å². The maximum Gasteiger partial charge on any atom is 0.224 e. The Kier molecular flexibility index (Phi) is 6.23. The number of pyridine rings is 1. The van der Waals surface area contributed by atoms with Crippen LogP contribution in [-0.4, -0.2) is 31.7 Å². The Morgan fingerprint density at radius 1 is 1.13 bits per heavy atom. The Balaban J connectivity index is 1.82. The number of methoxy groups -OCH3 is 2. The number of amides is 1. The van der Waals surface area contributed by atoms with Crippen LogP contribution in [0.25, 0.3) is 0 Å². The molecule has 0 atom stereocenters. The summed E-state index contributed by atoms with van der Waals surface area (Å²) in [6.07, 6.45) is 2.61. The molecule has 0 aliphatic heterocycles. The fourth-order valence-corrected chi connectivity index (χ4v) is 2.25. The third-order valence-electron chi connectivity index (χ3n) is 3.34. The van der Waals surface area contributed by atoms with E-state index in [1.807, 2.05) is 18.2 Å². The molecule has 2 rings (SSSR count). The van der Waals surface area contributed by atoms with Crippen LogP contribution in [0.4, 0.5) is 0 Å². The summed E-state index contributed by atoms with van der Waals surface area (Å²) in [5.74, 6) is 1.33. The Morgan fingerprint density at radius 2 is 1.87 bits per heavy atom. The molecule has 1 aromatic heterocycles. The Hall–Kier alpha value is -2.27. The fourth-order valence-electron chi connectivity index (χ4n) is 2.14. The highest BCUT2D eigenvalue weighted by Crippen LogP contribution is 2.27. The van der Waals surface area contributed by atoms with Gasteiger partial charge in [-0.05, 0) is 35.7 Å². The first-order chi connectivity index (χ1) is 11.1. The second-order valence-electron chi connectivity index (χ2n) is 4.96. The third-order valence-corrected chi connectivity index (χ3v) is 3.56. The van der Waals surface area contributed by atoms with Crippen LogP contribution in [0.3, 0.4) is 0 Å². The van der Waals surface area contributed by atoms with Crippen molar-refractivity contribution in [3.8, 4) is 11.5 Å². The lowest BCUT2D eigenvalue weighted by molar-refractivity contribution is -0.120. The number of nitrogens with one attached hydrogen (secondary N) is 1. The van der Waals surface area contributed by atoms with E-state index < -0.39 is 0 Å². The zero-order chi connectivity index (χ0) is 16.7. The summed E-state index contributed by atoms with van der Waals surface area (Å²) in [7, 11) is 3.20. The Morgan fingerprint density at radius 3 is 2.52 bits per heavy atom. The van der Waals surface area contributed by atoms with Crippen molar-refractivity contribution in [3.05, 3.63) is 52.8 Å². The fraction of sp³-hybridized carbons (Fsp3) is 0.294. The van der Waals surface area contributed by atoms with Crippen LogP contribution in [0.15, 0.2) is 36.5 Å². The molecule has 0 aliphatic carbocycles. The number of halogens is 1. The number of hydrogen-bond donors (Lipinski definition) is 1. The van der Waals surface area contributed by atoms with Gasteiger partial charge in [-0.2, -0.15) is 0 Å². The van der Waals surface area contributed by atoms with Crippen molar-refractivity contribution in [2.24, 2.45) is 0 Å². The van der Waals surface area contributed by atoms with E-state index in [1.54, 1.807) is 32.5 Å². The van der Waals surface area contributed by atoms with Crippen molar-refractivity contribution in [3.63, 3.8) is 0 Å². The predicted molar refractivity (Wildman–Crippen MR) is 89.2 cm³/mol. The second-order valence-corrected chi connectivity index (χ2v) is 5.34. The summed E-state index contributed by atoms with van der Waals surface area (Å²) in [5.41, 5.74) is 1.90. The zero-order valence-electron chi connectivity index (χ0n) is 13.1. The molecule has 1 N–H and O–H groups in total. The maximum atomic E-state index is 11.9. The van der Waals surface area contributed by atoms with Gasteiger partial charge in [-0.1, -0.05) is 23.7 Å². The monoisotopic (exact) mass is 334 g/mol. The van der Waals surface area contributed by atoms with Crippen LogP contribution in [0.5, 0.6) is 11.5 Å². The molecule has 122 valence electrons. The number of aromatic nitrogens is 1. The highest BCUT2D eigenvalue weighted by Gasteiger charge is 2.06. The molecule has 1 heterocycles. The molecule has 0 spiro atoms. The van der Waals surface area contributed by atoms with E-state index in [9.17, 15) is 4.79 Å². The molecule has 0 saturated carbocycles. The van der Waals surface area contributed by atoms with Crippen LogP contribution in [-0.2, 0) is 17.6 Å². The molecule has 0 radical (unpaired) electrons. The zero-order valence-corrected chi connectivity index (χ0v) is 13.9. The lowest BCUT2D eigenvalue weighted by Gasteiger charge is -2.10. The van der Waals surface area contributed by atoms with E-state index in [1.165, 1.54) is 0 Å². The lowest BCUT2D eigenvalue weighted by atomic mass is 10.1. The predicted octanol–water partition coefficient (Wildman–Crippen LogP) is 2.65. The van der Waals surface area contributed by atoms with E-state index in [2.05, 4.69) is 10.3 Å².